The van der Waals surface area contributed by atoms with Crippen LogP contribution in [-0.4, -0.2) is 25.8 Å². The van der Waals surface area contributed by atoms with Crippen LogP contribution in [0.1, 0.15) is 16.1 Å². The average molecular weight is 237 g/mol. The van der Waals surface area contributed by atoms with E-state index in [1.165, 1.54) is 6.20 Å². The zero-order chi connectivity index (χ0) is 11.5. The maximum atomic E-state index is 11.8. The van der Waals surface area contributed by atoms with Crippen molar-refractivity contribution in [3.63, 3.8) is 0 Å². The van der Waals surface area contributed by atoms with Gasteiger partial charge in [0.25, 0.3) is 0 Å². The Balaban J connectivity index is 2.14. The van der Waals surface area contributed by atoms with Gasteiger partial charge in [0.15, 0.2) is 5.78 Å². The first kappa shape index (κ1) is 10.8. The summed E-state index contributed by atoms with van der Waals surface area (Å²) in [4.78, 5) is 15.6. The van der Waals surface area contributed by atoms with Gasteiger partial charge in [-0.1, -0.05) is 16.8 Å². The van der Waals surface area contributed by atoms with Crippen molar-refractivity contribution < 1.29 is 4.79 Å². The quantitative estimate of drug-likeness (QED) is 0.595. The van der Waals surface area contributed by atoms with Gasteiger partial charge in [0.05, 0.1) is 12.1 Å². The molecule has 2 heterocycles. The minimum absolute atomic E-state index is 0.0511. The van der Waals surface area contributed by atoms with Crippen molar-refractivity contribution in [1.29, 1.82) is 0 Å². The molecule has 0 atom stereocenters. The minimum atomic E-state index is -0.0511. The van der Waals surface area contributed by atoms with E-state index in [4.69, 9.17) is 11.6 Å². The van der Waals surface area contributed by atoms with Gasteiger partial charge in [-0.15, -0.1) is 5.10 Å². The first-order valence-corrected chi connectivity index (χ1v) is 5.03. The molecule has 6 heteroatoms. The average Bonchev–Trinajstić information content (AvgIpc) is 2.64. The molecule has 0 aliphatic rings. The van der Waals surface area contributed by atoms with Crippen molar-refractivity contribution in [2.75, 3.05) is 0 Å². The molecule has 5 nitrogen and oxygen atoms in total. The van der Waals surface area contributed by atoms with Gasteiger partial charge in [0.1, 0.15) is 5.15 Å². The SMILES string of the molecule is Cn1cc(CC(=O)c2ccnc(Cl)c2)nn1. The second-order valence-electron chi connectivity index (χ2n) is 3.35. The number of carbonyl (C=O) groups is 1. The maximum Gasteiger partial charge on any atom is 0.169 e. The Kier molecular flexibility index (Phi) is 2.96. The Morgan fingerprint density at radius 1 is 1.56 bits per heavy atom. The molecule has 0 unspecified atom stereocenters. The summed E-state index contributed by atoms with van der Waals surface area (Å²) in [5, 5.41) is 7.91. The number of pyridine rings is 1. The Labute approximate surface area is 97.1 Å². The van der Waals surface area contributed by atoms with Crippen LogP contribution < -0.4 is 0 Å². The van der Waals surface area contributed by atoms with E-state index in [0.29, 0.717) is 16.4 Å². The molecule has 2 rings (SSSR count). The van der Waals surface area contributed by atoms with Crippen molar-refractivity contribution in [3.05, 3.63) is 40.9 Å². The highest BCUT2D eigenvalue weighted by Gasteiger charge is 2.10. The Morgan fingerprint density at radius 2 is 2.38 bits per heavy atom. The molecule has 0 amide bonds. The smallest absolute Gasteiger partial charge is 0.169 e. The summed E-state index contributed by atoms with van der Waals surface area (Å²) in [5.74, 6) is -0.0511. The number of carbonyl (C=O) groups excluding carboxylic acids is 1. The number of rotatable bonds is 3. The zero-order valence-electron chi connectivity index (χ0n) is 8.59. The van der Waals surface area contributed by atoms with E-state index >= 15 is 0 Å². The molecular weight excluding hydrogens is 228 g/mol. The van der Waals surface area contributed by atoms with Crippen LogP contribution in [0.4, 0.5) is 0 Å². The summed E-state index contributed by atoms with van der Waals surface area (Å²) in [6, 6.07) is 3.17. The lowest BCUT2D eigenvalue weighted by Crippen LogP contribution is -2.04. The van der Waals surface area contributed by atoms with Crippen LogP contribution in [0, 0.1) is 0 Å². The predicted molar refractivity (Wildman–Crippen MR) is 58.3 cm³/mol. The first-order chi connectivity index (χ1) is 7.65. The van der Waals surface area contributed by atoms with E-state index in [2.05, 4.69) is 15.3 Å². The van der Waals surface area contributed by atoms with Crippen molar-refractivity contribution in [1.82, 2.24) is 20.0 Å². The van der Waals surface area contributed by atoms with Gasteiger partial charge in [-0.3, -0.25) is 9.48 Å². The van der Waals surface area contributed by atoms with Crippen LogP contribution in [0.2, 0.25) is 5.15 Å². The molecule has 0 radical (unpaired) electrons. The molecule has 82 valence electrons. The molecule has 16 heavy (non-hydrogen) atoms. The van der Waals surface area contributed by atoms with Crippen molar-refractivity contribution in [2.24, 2.45) is 7.05 Å². The van der Waals surface area contributed by atoms with E-state index in [1.54, 1.807) is 30.1 Å². The van der Waals surface area contributed by atoms with E-state index < -0.39 is 0 Å². The minimum Gasteiger partial charge on any atom is -0.294 e. The molecule has 0 aliphatic carbocycles. The summed E-state index contributed by atoms with van der Waals surface area (Å²) < 4.78 is 1.56. The number of nitrogens with zero attached hydrogens (tertiary/aromatic N) is 4. The predicted octanol–water partition coefficient (Wildman–Crippen LogP) is 1.29. The lowest BCUT2D eigenvalue weighted by atomic mass is 10.1. The normalized spacial score (nSPS) is 10.4. The highest BCUT2D eigenvalue weighted by molar-refractivity contribution is 6.29. The molecule has 0 bridgehead atoms. The third-order valence-corrected chi connectivity index (χ3v) is 2.25. The van der Waals surface area contributed by atoms with Gasteiger partial charge in [0.2, 0.25) is 0 Å². The molecule has 0 saturated heterocycles. The lowest BCUT2D eigenvalue weighted by molar-refractivity contribution is 0.0992. The summed E-state index contributed by atoms with van der Waals surface area (Å²) in [6.07, 6.45) is 3.43. The molecule has 0 N–H and O–H groups in total. The second-order valence-corrected chi connectivity index (χ2v) is 3.74. The fourth-order valence-electron chi connectivity index (χ4n) is 1.32. The third-order valence-electron chi connectivity index (χ3n) is 2.04. The van der Waals surface area contributed by atoms with Gasteiger partial charge in [0, 0.05) is 25.0 Å². The van der Waals surface area contributed by atoms with Crippen molar-refractivity contribution in [2.45, 2.75) is 6.42 Å². The van der Waals surface area contributed by atoms with E-state index in [0.717, 1.165) is 0 Å². The van der Waals surface area contributed by atoms with Gasteiger partial charge in [-0.05, 0) is 12.1 Å². The van der Waals surface area contributed by atoms with Crippen LogP contribution >= 0.6 is 11.6 Å². The zero-order valence-corrected chi connectivity index (χ0v) is 9.35. The largest absolute Gasteiger partial charge is 0.294 e. The molecule has 2 aromatic rings. The number of Topliss-reactive ketones (excluding diaryl/α,β-unsaturated/α-hetero) is 1. The summed E-state index contributed by atoms with van der Waals surface area (Å²) in [7, 11) is 1.75. The number of hydrogen-bond acceptors (Lipinski definition) is 4. The molecule has 0 aliphatic heterocycles. The van der Waals surface area contributed by atoms with Crippen molar-refractivity contribution >= 4 is 17.4 Å². The fourth-order valence-corrected chi connectivity index (χ4v) is 1.49. The fraction of sp³-hybridized carbons (Fsp3) is 0.200. The Hall–Kier alpha value is -1.75. The Morgan fingerprint density at radius 3 is 3.00 bits per heavy atom. The molecular formula is C10H9ClN4O. The molecule has 0 aromatic carbocycles. The van der Waals surface area contributed by atoms with Crippen LogP contribution in [-0.2, 0) is 13.5 Å². The van der Waals surface area contributed by atoms with Gasteiger partial charge in [-0.25, -0.2) is 4.98 Å². The van der Waals surface area contributed by atoms with Gasteiger partial charge in [-0.2, -0.15) is 0 Å². The van der Waals surface area contributed by atoms with Crippen LogP contribution in [0.5, 0.6) is 0 Å². The van der Waals surface area contributed by atoms with E-state index in [1.807, 2.05) is 0 Å². The molecule has 0 saturated carbocycles. The lowest BCUT2D eigenvalue weighted by Gasteiger charge is -1.98. The number of hydrogen-bond donors (Lipinski definition) is 0. The maximum absolute atomic E-state index is 11.8. The first-order valence-electron chi connectivity index (χ1n) is 4.65. The molecule has 0 spiro atoms. The topological polar surface area (TPSA) is 60.7 Å². The molecule has 2 aromatic heterocycles. The van der Waals surface area contributed by atoms with Crippen LogP contribution in [0.15, 0.2) is 24.5 Å². The number of halogens is 1. The number of aryl methyl sites for hydroxylation is 1. The highest BCUT2D eigenvalue weighted by atomic mass is 35.5. The summed E-state index contributed by atoms with van der Waals surface area (Å²) in [5.41, 5.74) is 1.17. The molecule has 0 fully saturated rings. The number of aromatic nitrogens is 4. The summed E-state index contributed by atoms with van der Waals surface area (Å²) >= 11 is 5.70. The number of ketones is 1. The van der Waals surface area contributed by atoms with E-state index in [-0.39, 0.29) is 12.2 Å². The van der Waals surface area contributed by atoms with Crippen LogP contribution in [0.3, 0.4) is 0 Å². The standard InChI is InChI=1S/C10H9ClN4O/c1-15-6-8(13-14-15)5-9(16)7-2-3-12-10(11)4-7/h2-4,6H,5H2,1H3. The van der Waals surface area contributed by atoms with Gasteiger partial charge < -0.3 is 0 Å². The summed E-state index contributed by atoms with van der Waals surface area (Å²) in [6.45, 7) is 0. The van der Waals surface area contributed by atoms with Gasteiger partial charge >= 0.3 is 0 Å². The van der Waals surface area contributed by atoms with Crippen LogP contribution in [0.25, 0.3) is 0 Å². The highest BCUT2D eigenvalue weighted by Crippen LogP contribution is 2.09. The van der Waals surface area contributed by atoms with E-state index in [9.17, 15) is 4.79 Å². The van der Waals surface area contributed by atoms with Crippen molar-refractivity contribution in [3.8, 4) is 0 Å². The second kappa shape index (κ2) is 4.40. The Bertz CT molecular complexity index is 523. The third kappa shape index (κ3) is 2.43. The monoisotopic (exact) mass is 236 g/mol.